The molecule has 16 heavy (non-hydrogen) atoms. The highest BCUT2D eigenvalue weighted by Crippen LogP contribution is 2.34. The van der Waals surface area contributed by atoms with Crippen LogP contribution in [0, 0.1) is 0 Å². The number of ether oxygens (including phenoxy) is 1. The standard InChI is InChI=1S/C13H18N2O/c14-12-4-5-13(11-9-16-8-10(11)12)15-6-2-1-3-7-15/h4-5H,1-3,6-9,14H2. The minimum atomic E-state index is 0.683. The first-order chi connectivity index (χ1) is 7.86. The van der Waals surface area contributed by atoms with Crippen LogP contribution < -0.4 is 10.6 Å². The third-order valence-electron chi connectivity index (χ3n) is 3.63. The molecule has 0 amide bonds. The maximum Gasteiger partial charge on any atom is 0.0746 e. The highest BCUT2D eigenvalue weighted by atomic mass is 16.5. The number of piperidine rings is 1. The molecular formula is C13H18N2O. The third-order valence-corrected chi connectivity index (χ3v) is 3.63. The summed E-state index contributed by atoms with van der Waals surface area (Å²) in [6.45, 7) is 3.77. The molecule has 2 aliphatic heterocycles. The van der Waals surface area contributed by atoms with Gasteiger partial charge < -0.3 is 15.4 Å². The topological polar surface area (TPSA) is 38.5 Å². The number of benzene rings is 1. The molecule has 3 heteroatoms. The fraction of sp³-hybridized carbons (Fsp3) is 0.538. The van der Waals surface area contributed by atoms with Crippen LogP contribution in [0.3, 0.4) is 0 Å². The van der Waals surface area contributed by atoms with E-state index in [4.69, 9.17) is 10.5 Å². The molecule has 0 spiro atoms. The van der Waals surface area contributed by atoms with Crippen molar-refractivity contribution in [3.8, 4) is 0 Å². The first-order valence-corrected chi connectivity index (χ1v) is 6.09. The van der Waals surface area contributed by atoms with Crippen LogP contribution in [0.1, 0.15) is 30.4 Å². The first kappa shape index (κ1) is 9.97. The van der Waals surface area contributed by atoms with Gasteiger partial charge in [-0.05, 0) is 31.4 Å². The lowest BCUT2D eigenvalue weighted by molar-refractivity contribution is 0.135. The smallest absolute Gasteiger partial charge is 0.0746 e. The molecule has 2 N–H and O–H groups in total. The van der Waals surface area contributed by atoms with Gasteiger partial charge in [-0.15, -0.1) is 0 Å². The van der Waals surface area contributed by atoms with E-state index >= 15 is 0 Å². The van der Waals surface area contributed by atoms with E-state index in [2.05, 4.69) is 11.0 Å². The Balaban J connectivity index is 1.98. The molecular weight excluding hydrogens is 200 g/mol. The minimum Gasteiger partial charge on any atom is -0.398 e. The minimum absolute atomic E-state index is 0.683. The SMILES string of the molecule is Nc1ccc(N2CCCCC2)c2c1COC2. The largest absolute Gasteiger partial charge is 0.398 e. The fourth-order valence-electron chi connectivity index (χ4n) is 2.72. The summed E-state index contributed by atoms with van der Waals surface area (Å²) in [5, 5.41) is 0. The van der Waals surface area contributed by atoms with Crippen LogP contribution >= 0.6 is 0 Å². The number of fused-ring (bicyclic) bond motifs is 1. The summed E-state index contributed by atoms with van der Waals surface area (Å²) < 4.78 is 5.52. The van der Waals surface area contributed by atoms with Gasteiger partial charge in [-0.1, -0.05) is 0 Å². The van der Waals surface area contributed by atoms with Gasteiger partial charge >= 0.3 is 0 Å². The summed E-state index contributed by atoms with van der Waals surface area (Å²) in [6, 6.07) is 4.19. The number of anilines is 2. The van der Waals surface area contributed by atoms with Gasteiger partial charge in [0.05, 0.1) is 13.2 Å². The van der Waals surface area contributed by atoms with E-state index in [-0.39, 0.29) is 0 Å². The van der Waals surface area contributed by atoms with Gasteiger partial charge in [-0.2, -0.15) is 0 Å². The van der Waals surface area contributed by atoms with Gasteiger partial charge in [-0.25, -0.2) is 0 Å². The molecule has 86 valence electrons. The number of rotatable bonds is 1. The monoisotopic (exact) mass is 218 g/mol. The molecule has 1 fully saturated rings. The first-order valence-electron chi connectivity index (χ1n) is 6.09. The second kappa shape index (κ2) is 3.98. The number of nitrogen functional groups attached to an aromatic ring is 1. The molecule has 0 aromatic heterocycles. The molecule has 0 aliphatic carbocycles. The zero-order valence-electron chi connectivity index (χ0n) is 9.54. The van der Waals surface area contributed by atoms with E-state index in [1.165, 1.54) is 49.2 Å². The summed E-state index contributed by atoms with van der Waals surface area (Å²) in [5.74, 6) is 0. The van der Waals surface area contributed by atoms with Crippen LogP contribution in [0.4, 0.5) is 11.4 Å². The lowest BCUT2D eigenvalue weighted by atomic mass is 10.0. The van der Waals surface area contributed by atoms with E-state index in [1.807, 2.05) is 6.07 Å². The number of hydrogen-bond donors (Lipinski definition) is 1. The molecule has 0 atom stereocenters. The Labute approximate surface area is 96.2 Å². The molecule has 3 rings (SSSR count). The molecule has 1 saturated heterocycles. The normalized spacial score (nSPS) is 19.9. The predicted molar refractivity (Wildman–Crippen MR) is 65.4 cm³/mol. The second-order valence-electron chi connectivity index (χ2n) is 4.67. The van der Waals surface area contributed by atoms with Gasteiger partial charge in [0.25, 0.3) is 0 Å². The molecule has 0 saturated carbocycles. The van der Waals surface area contributed by atoms with Crippen LogP contribution in [0.15, 0.2) is 12.1 Å². The van der Waals surface area contributed by atoms with Crippen molar-refractivity contribution < 1.29 is 4.74 Å². The second-order valence-corrected chi connectivity index (χ2v) is 4.67. The summed E-state index contributed by atoms with van der Waals surface area (Å²) in [7, 11) is 0. The van der Waals surface area contributed by atoms with Crippen molar-refractivity contribution in [2.24, 2.45) is 0 Å². The average Bonchev–Trinajstić information content (AvgIpc) is 2.81. The van der Waals surface area contributed by atoms with Crippen LogP contribution in [-0.2, 0) is 18.0 Å². The number of nitrogens with zero attached hydrogens (tertiary/aromatic N) is 1. The number of hydrogen-bond acceptors (Lipinski definition) is 3. The van der Waals surface area contributed by atoms with E-state index < -0.39 is 0 Å². The Bertz CT molecular complexity index is 397. The Kier molecular flexibility index (Phi) is 2.48. The van der Waals surface area contributed by atoms with Crippen LogP contribution in [0.5, 0.6) is 0 Å². The Morgan fingerprint density at radius 1 is 1.00 bits per heavy atom. The van der Waals surface area contributed by atoms with Gasteiger partial charge in [0.15, 0.2) is 0 Å². The van der Waals surface area contributed by atoms with Crippen molar-refractivity contribution in [3.05, 3.63) is 23.3 Å². The summed E-state index contributed by atoms with van der Waals surface area (Å²) in [4.78, 5) is 2.48. The van der Waals surface area contributed by atoms with Crippen LogP contribution in [0.25, 0.3) is 0 Å². The molecule has 2 heterocycles. The summed E-state index contributed by atoms with van der Waals surface area (Å²) in [5.41, 5.74) is 10.7. The van der Waals surface area contributed by atoms with E-state index in [1.54, 1.807) is 0 Å². The van der Waals surface area contributed by atoms with Gasteiger partial charge in [0, 0.05) is 35.6 Å². The van der Waals surface area contributed by atoms with Gasteiger partial charge in [0.2, 0.25) is 0 Å². The maximum atomic E-state index is 5.97. The van der Waals surface area contributed by atoms with Gasteiger partial charge in [0.1, 0.15) is 0 Å². The molecule has 0 bridgehead atoms. The molecule has 1 aromatic rings. The number of nitrogens with two attached hydrogens (primary N) is 1. The van der Waals surface area contributed by atoms with Crippen molar-refractivity contribution in [1.82, 2.24) is 0 Å². The highest BCUT2D eigenvalue weighted by Gasteiger charge is 2.22. The van der Waals surface area contributed by atoms with E-state index in [0.717, 1.165) is 12.3 Å². The Hall–Kier alpha value is -1.22. The third kappa shape index (κ3) is 1.55. The van der Waals surface area contributed by atoms with E-state index in [0.29, 0.717) is 6.61 Å². The van der Waals surface area contributed by atoms with Crippen LogP contribution in [-0.4, -0.2) is 13.1 Å². The molecule has 1 aromatic carbocycles. The van der Waals surface area contributed by atoms with Crippen molar-refractivity contribution in [2.45, 2.75) is 32.5 Å². The Morgan fingerprint density at radius 2 is 1.75 bits per heavy atom. The molecule has 3 nitrogen and oxygen atoms in total. The zero-order valence-corrected chi connectivity index (χ0v) is 9.54. The fourth-order valence-corrected chi connectivity index (χ4v) is 2.72. The quantitative estimate of drug-likeness (QED) is 0.735. The summed E-state index contributed by atoms with van der Waals surface area (Å²) in [6.07, 6.45) is 3.98. The maximum absolute atomic E-state index is 5.97. The zero-order chi connectivity index (χ0) is 11.0. The Morgan fingerprint density at radius 3 is 2.56 bits per heavy atom. The van der Waals surface area contributed by atoms with Crippen molar-refractivity contribution in [3.63, 3.8) is 0 Å². The molecule has 0 unspecified atom stereocenters. The average molecular weight is 218 g/mol. The lowest BCUT2D eigenvalue weighted by Crippen LogP contribution is -2.30. The van der Waals surface area contributed by atoms with Gasteiger partial charge in [-0.3, -0.25) is 0 Å². The van der Waals surface area contributed by atoms with Crippen molar-refractivity contribution in [1.29, 1.82) is 0 Å². The predicted octanol–water partition coefficient (Wildman–Crippen LogP) is 2.29. The molecule has 0 radical (unpaired) electrons. The van der Waals surface area contributed by atoms with E-state index in [9.17, 15) is 0 Å². The molecule has 2 aliphatic rings. The van der Waals surface area contributed by atoms with Crippen molar-refractivity contribution >= 4 is 11.4 Å². The summed E-state index contributed by atoms with van der Waals surface area (Å²) >= 11 is 0. The van der Waals surface area contributed by atoms with Crippen molar-refractivity contribution in [2.75, 3.05) is 23.7 Å². The highest BCUT2D eigenvalue weighted by molar-refractivity contribution is 5.65. The lowest BCUT2D eigenvalue weighted by Gasteiger charge is -2.30. The van der Waals surface area contributed by atoms with Crippen LogP contribution in [0.2, 0.25) is 0 Å².